The molecule has 0 radical (unpaired) electrons. The molecule has 2 aromatic carbocycles. The summed E-state index contributed by atoms with van der Waals surface area (Å²) in [6, 6.07) is 14.4. The van der Waals surface area contributed by atoms with Crippen LogP contribution in [0.25, 0.3) is 0 Å². The fraction of sp³-hybridized carbons (Fsp3) is 0.167. The van der Waals surface area contributed by atoms with Gasteiger partial charge in [-0.05, 0) is 43.3 Å². The van der Waals surface area contributed by atoms with Crippen LogP contribution < -0.4 is 15.4 Å². The number of hydrogen-bond donors (Lipinski definition) is 3. The highest BCUT2D eigenvalue weighted by atomic mass is 16.5. The van der Waals surface area contributed by atoms with Crippen LogP contribution in [0.3, 0.4) is 0 Å². The molecule has 2 aromatic rings. The maximum absolute atomic E-state index is 12.3. The van der Waals surface area contributed by atoms with Crippen LogP contribution in [0.1, 0.15) is 13.3 Å². The zero-order chi connectivity index (χ0) is 18.2. The number of anilines is 2. The van der Waals surface area contributed by atoms with E-state index in [-0.39, 0.29) is 12.2 Å². The van der Waals surface area contributed by atoms with Gasteiger partial charge in [-0.1, -0.05) is 12.1 Å². The van der Waals surface area contributed by atoms with E-state index in [0.717, 1.165) is 0 Å². The van der Waals surface area contributed by atoms with Crippen molar-refractivity contribution in [2.75, 3.05) is 10.6 Å². The third-order valence-electron chi connectivity index (χ3n) is 3.22. The van der Waals surface area contributed by atoms with Crippen molar-refractivity contribution in [1.29, 1.82) is 5.26 Å². The number of phenols is 1. The van der Waals surface area contributed by atoms with Crippen LogP contribution in [0.5, 0.6) is 11.5 Å². The van der Waals surface area contributed by atoms with E-state index in [1.165, 1.54) is 12.1 Å². The Hall–Kier alpha value is -3.53. The average Bonchev–Trinajstić information content (AvgIpc) is 2.58. The van der Waals surface area contributed by atoms with E-state index in [4.69, 9.17) is 10.00 Å². The number of benzene rings is 2. The van der Waals surface area contributed by atoms with Gasteiger partial charge in [0.1, 0.15) is 17.9 Å². The Morgan fingerprint density at radius 2 is 1.72 bits per heavy atom. The van der Waals surface area contributed by atoms with Crippen LogP contribution in [0, 0.1) is 11.3 Å². The summed E-state index contributed by atoms with van der Waals surface area (Å²) >= 11 is 0. The van der Waals surface area contributed by atoms with Gasteiger partial charge in [0.05, 0.1) is 17.4 Å². The van der Waals surface area contributed by atoms with Crippen molar-refractivity contribution >= 4 is 23.2 Å². The van der Waals surface area contributed by atoms with E-state index in [9.17, 15) is 14.7 Å². The number of rotatable bonds is 6. The fourth-order valence-corrected chi connectivity index (χ4v) is 1.98. The van der Waals surface area contributed by atoms with Crippen LogP contribution in [0.4, 0.5) is 11.4 Å². The molecule has 0 heterocycles. The van der Waals surface area contributed by atoms with Crippen LogP contribution in [-0.2, 0) is 9.59 Å². The highest BCUT2D eigenvalue weighted by Crippen LogP contribution is 2.22. The Morgan fingerprint density at radius 1 is 1.12 bits per heavy atom. The summed E-state index contributed by atoms with van der Waals surface area (Å²) < 4.78 is 5.51. The number of carbonyl (C=O) groups is 2. The molecule has 1 unspecified atom stereocenters. The molecule has 0 aliphatic carbocycles. The smallest absolute Gasteiger partial charge is 0.265 e. The number of phenolic OH excluding ortho intramolecular Hbond substituents is 1. The largest absolute Gasteiger partial charge is 0.508 e. The van der Waals surface area contributed by atoms with E-state index in [1.807, 2.05) is 0 Å². The van der Waals surface area contributed by atoms with Crippen molar-refractivity contribution in [3.05, 3.63) is 48.5 Å². The molecule has 7 heteroatoms. The zero-order valence-electron chi connectivity index (χ0n) is 13.5. The van der Waals surface area contributed by atoms with Gasteiger partial charge >= 0.3 is 0 Å². The molecule has 25 heavy (non-hydrogen) atoms. The molecule has 0 saturated carbocycles. The van der Waals surface area contributed by atoms with Gasteiger partial charge in [-0.25, -0.2) is 0 Å². The van der Waals surface area contributed by atoms with Gasteiger partial charge in [0.25, 0.3) is 5.91 Å². The number of aromatic hydroxyl groups is 1. The van der Waals surface area contributed by atoms with Gasteiger partial charge in [0.2, 0.25) is 5.91 Å². The van der Waals surface area contributed by atoms with Crippen molar-refractivity contribution < 1.29 is 19.4 Å². The first-order valence-electron chi connectivity index (χ1n) is 7.52. The second-order valence-corrected chi connectivity index (χ2v) is 5.17. The lowest BCUT2D eigenvalue weighted by Crippen LogP contribution is -2.30. The van der Waals surface area contributed by atoms with E-state index in [0.29, 0.717) is 17.1 Å². The molecule has 7 nitrogen and oxygen atoms in total. The molecule has 2 rings (SSSR count). The second kappa shape index (κ2) is 8.36. The third-order valence-corrected chi connectivity index (χ3v) is 3.22. The first-order valence-corrected chi connectivity index (χ1v) is 7.52. The van der Waals surface area contributed by atoms with Crippen LogP contribution in [-0.4, -0.2) is 23.0 Å². The van der Waals surface area contributed by atoms with Crippen molar-refractivity contribution in [3.8, 4) is 17.6 Å². The lowest BCUT2D eigenvalue weighted by atomic mass is 10.2. The number of ether oxygens (including phenoxy) is 1. The standard InChI is InChI=1S/C18H17N3O4/c1-12(25-14-8-6-13(22)7-9-14)18(24)21-16-5-3-2-4-15(16)20-17(23)10-11-19/h2-9,12,22H,10H2,1H3,(H,20,23)(H,21,24). The third kappa shape index (κ3) is 5.25. The molecule has 0 fully saturated rings. The van der Waals surface area contributed by atoms with Gasteiger partial charge in [-0.2, -0.15) is 5.26 Å². The summed E-state index contributed by atoms with van der Waals surface area (Å²) in [5.41, 5.74) is 0.799. The Morgan fingerprint density at radius 3 is 2.32 bits per heavy atom. The number of nitrogens with zero attached hydrogens (tertiary/aromatic N) is 1. The Kier molecular flexibility index (Phi) is 5.96. The van der Waals surface area contributed by atoms with Gasteiger partial charge < -0.3 is 20.5 Å². The molecule has 128 valence electrons. The number of nitrogens with one attached hydrogen (secondary N) is 2. The van der Waals surface area contributed by atoms with E-state index < -0.39 is 17.9 Å². The van der Waals surface area contributed by atoms with Gasteiger partial charge in [-0.3, -0.25) is 9.59 Å². The quantitative estimate of drug-likeness (QED) is 0.749. The van der Waals surface area contributed by atoms with Crippen molar-refractivity contribution in [1.82, 2.24) is 0 Å². The maximum Gasteiger partial charge on any atom is 0.265 e. The second-order valence-electron chi connectivity index (χ2n) is 5.17. The summed E-state index contributed by atoms with van der Waals surface area (Å²) in [6.45, 7) is 1.58. The molecule has 0 bridgehead atoms. The van der Waals surface area contributed by atoms with E-state index >= 15 is 0 Å². The SMILES string of the molecule is CC(Oc1ccc(O)cc1)C(=O)Nc1ccccc1NC(=O)CC#N. The monoisotopic (exact) mass is 339 g/mol. The molecular formula is C18H17N3O4. The van der Waals surface area contributed by atoms with Gasteiger partial charge in [-0.15, -0.1) is 0 Å². The number of para-hydroxylation sites is 2. The molecule has 0 aliphatic rings. The maximum atomic E-state index is 12.3. The minimum Gasteiger partial charge on any atom is -0.508 e. The summed E-state index contributed by atoms with van der Waals surface area (Å²) in [6.07, 6.45) is -1.07. The van der Waals surface area contributed by atoms with E-state index in [1.54, 1.807) is 49.4 Å². The summed E-state index contributed by atoms with van der Waals surface area (Å²) in [5.74, 6) is -0.324. The van der Waals surface area contributed by atoms with E-state index in [2.05, 4.69) is 10.6 Å². The fourth-order valence-electron chi connectivity index (χ4n) is 1.98. The molecule has 3 N–H and O–H groups in total. The minimum atomic E-state index is -0.799. The summed E-state index contributed by atoms with van der Waals surface area (Å²) in [7, 11) is 0. The first kappa shape index (κ1) is 17.8. The molecule has 0 saturated heterocycles. The average molecular weight is 339 g/mol. The minimum absolute atomic E-state index is 0.103. The van der Waals surface area contributed by atoms with Crippen molar-refractivity contribution in [2.45, 2.75) is 19.4 Å². The Bertz CT molecular complexity index is 797. The molecule has 0 aromatic heterocycles. The topological polar surface area (TPSA) is 111 Å². The number of carbonyl (C=O) groups excluding carboxylic acids is 2. The summed E-state index contributed by atoms with van der Waals surface area (Å²) in [4.78, 5) is 23.9. The van der Waals surface area contributed by atoms with Crippen LogP contribution in [0.15, 0.2) is 48.5 Å². The number of nitriles is 1. The van der Waals surface area contributed by atoms with Crippen molar-refractivity contribution in [2.24, 2.45) is 0 Å². The summed E-state index contributed by atoms with van der Waals surface area (Å²) in [5, 5.41) is 23.0. The lowest BCUT2D eigenvalue weighted by Gasteiger charge is -2.16. The number of amides is 2. The molecule has 2 amide bonds. The van der Waals surface area contributed by atoms with Crippen LogP contribution in [0.2, 0.25) is 0 Å². The highest BCUT2D eigenvalue weighted by molar-refractivity contribution is 6.01. The first-order chi connectivity index (χ1) is 12.0. The lowest BCUT2D eigenvalue weighted by molar-refractivity contribution is -0.122. The highest BCUT2D eigenvalue weighted by Gasteiger charge is 2.17. The van der Waals surface area contributed by atoms with Crippen molar-refractivity contribution in [3.63, 3.8) is 0 Å². The van der Waals surface area contributed by atoms with Crippen LogP contribution >= 0.6 is 0 Å². The zero-order valence-corrected chi connectivity index (χ0v) is 13.5. The molecule has 1 atom stereocenters. The van der Waals surface area contributed by atoms with Gasteiger partial charge in [0, 0.05) is 0 Å². The normalized spacial score (nSPS) is 11.0. The molecule has 0 aliphatic heterocycles. The predicted octanol–water partition coefficient (Wildman–Crippen LogP) is 2.65. The Labute approximate surface area is 144 Å². The molecule has 0 spiro atoms. The predicted molar refractivity (Wildman–Crippen MR) is 92.1 cm³/mol. The molecular weight excluding hydrogens is 322 g/mol. The Balaban J connectivity index is 2.03. The van der Waals surface area contributed by atoms with Gasteiger partial charge in [0.15, 0.2) is 6.10 Å². The number of hydrogen-bond acceptors (Lipinski definition) is 5.